The van der Waals surface area contributed by atoms with Gasteiger partial charge in [0, 0.05) is 24.0 Å². The minimum absolute atomic E-state index is 0.660. The lowest BCUT2D eigenvalue weighted by Gasteiger charge is -2.15. The maximum Gasteiger partial charge on any atom is 0.120 e. The maximum atomic E-state index is 6.14. The molecule has 0 atom stereocenters. The molecular weight excluding hydrogens is 245 g/mol. The van der Waals surface area contributed by atoms with Crippen LogP contribution in [0.4, 0.5) is 0 Å². The summed E-state index contributed by atoms with van der Waals surface area (Å²) in [6.45, 7) is 1.86. The normalized spacial score (nSPS) is 10.8. The molecule has 90 valence electrons. The molecule has 1 rings (SSSR count). The van der Waals surface area contributed by atoms with E-state index in [1.54, 1.807) is 7.11 Å². The standard InChI is InChI=1S/C12H17Cl2NO/c1-15(8-6-13)7-5-10-3-4-11(16-2)9-12(10)14/h3-4,9H,5-8H2,1-2H3. The molecule has 1 aromatic carbocycles. The van der Waals surface area contributed by atoms with Crippen LogP contribution < -0.4 is 4.74 Å². The van der Waals surface area contributed by atoms with Crippen LogP contribution in [0.3, 0.4) is 0 Å². The lowest BCUT2D eigenvalue weighted by molar-refractivity contribution is 0.359. The van der Waals surface area contributed by atoms with Crippen LogP contribution in [-0.2, 0) is 6.42 Å². The summed E-state index contributed by atoms with van der Waals surface area (Å²) in [5.41, 5.74) is 1.14. The summed E-state index contributed by atoms with van der Waals surface area (Å²) >= 11 is 11.8. The van der Waals surface area contributed by atoms with Gasteiger partial charge in [-0.15, -0.1) is 11.6 Å². The Morgan fingerprint density at radius 1 is 1.31 bits per heavy atom. The van der Waals surface area contributed by atoms with E-state index in [0.717, 1.165) is 35.8 Å². The molecule has 0 heterocycles. The first-order chi connectivity index (χ1) is 7.67. The Bertz CT molecular complexity index is 331. The largest absolute Gasteiger partial charge is 0.497 e. The summed E-state index contributed by atoms with van der Waals surface area (Å²) in [7, 11) is 3.69. The molecule has 0 aliphatic carbocycles. The molecule has 0 saturated heterocycles. The first-order valence-electron chi connectivity index (χ1n) is 5.24. The van der Waals surface area contributed by atoms with Gasteiger partial charge in [-0.1, -0.05) is 17.7 Å². The molecule has 0 spiro atoms. The van der Waals surface area contributed by atoms with Crippen molar-refractivity contribution >= 4 is 23.2 Å². The number of hydrogen-bond donors (Lipinski definition) is 0. The second-order valence-electron chi connectivity index (χ2n) is 3.70. The molecule has 0 saturated carbocycles. The summed E-state index contributed by atoms with van der Waals surface area (Å²) in [6, 6.07) is 5.79. The number of halogens is 2. The van der Waals surface area contributed by atoms with Gasteiger partial charge in [0.25, 0.3) is 0 Å². The topological polar surface area (TPSA) is 12.5 Å². The Balaban J connectivity index is 2.54. The van der Waals surface area contributed by atoms with Gasteiger partial charge in [0.1, 0.15) is 5.75 Å². The van der Waals surface area contributed by atoms with E-state index in [4.69, 9.17) is 27.9 Å². The van der Waals surface area contributed by atoms with Crippen molar-refractivity contribution in [1.29, 1.82) is 0 Å². The van der Waals surface area contributed by atoms with E-state index in [0.29, 0.717) is 5.88 Å². The fourth-order valence-electron chi connectivity index (χ4n) is 1.43. The van der Waals surface area contributed by atoms with Crippen molar-refractivity contribution < 1.29 is 4.74 Å². The van der Waals surface area contributed by atoms with E-state index >= 15 is 0 Å². The summed E-state index contributed by atoms with van der Waals surface area (Å²) in [5.74, 6) is 1.45. The van der Waals surface area contributed by atoms with Gasteiger partial charge >= 0.3 is 0 Å². The van der Waals surface area contributed by atoms with Gasteiger partial charge in [-0.05, 0) is 31.2 Å². The van der Waals surface area contributed by atoms with Crippen molar-refractivity contribution in [1.82, 2.24) is 4.90 Å². The van der Waals surface area contributed by atoms with E-state index in [1.807, 2.05) is 18.2 Å². The first-order valence-corrected chi connectivity index (χ1v) is 6.15. The van der Waals surface area contributed by atoms with Crippen LogP contribution in [0.15, 0.2) is 18.2 Å². The molecule has 1 aromatic rings. The Hall–Kier alpha value is -0.440. The molecule has 16 heavy (non-hydrogen) atoms. The monoisotopic (exact) mass is 261 g/mol. The molecular formula is C12H17Cl2NO. The van der Waals surface area contributed by atoms with Gasteiger partial charge in [0.15, 0.2) is 0 Å². The Labute approximate surface area is 107 Å². The highest BCUT2D eigenvalue weighted by atomic mass is 35.5. The van der Waals surface area contributed by atoms with E-state index in [1.165, 1.54) is 0 Å². The molecule has 2 nitrogen and oxygen atoms in total. The number of nitrogens with zero attached hydrogens (tertiary/aromatic N) is 1. The maximum absolute atomic E-state index is 6.14. The third kappa shape index (κ3) is 4.20. The lowest BCUT2D eigenvalue weighted by atomic mass is 10.1. The fraction of sp³-hybridized carbons (Fsp3) is 0.500. The zero-order valence-corrected chi connectivity index (χ0v) is 11.2. The van der Waals surface area contributed by atoms with Crippen LogP contribution in [0, 0.1) is 0 Å². The molecule has 0 aliphatic heterocycles. The molecule has 0 amide bonds. The van der Waals surface area contributed by atoms with Crippen LogP contribution in [-0.4, -0.2) is 38.0 Å². The zero-order chi connectivity index (χ0) is 12.0. The summed E-state index contributed by atoms with van der Waals surface area (Å²) in [5, 5.41) is 0.763. The van der Waals surface area contributed by atoms with E-state index in [2.05, 4.69) is 11.9 Å². The van der Waals surface area contributed by atoms with Crippen molar-refractivity contribution in [3.63, 3.8) is 0 Å². The number of rotatable bonds is 6. The second kappa shape index (κ2) is 7.00. The average Bonchev–Trinajstić information content (AvgIpc) is 2.27. The number of methoxy groups -OCH3 is 1. The van der Waals surface area contributed by atoms with Crippen LogP contribution >= 0.6 is 23.2 Å². The molecule has 0 radical (unpaired) electrons. The summed E-state index contributed by atoms with van der Waals surface area (Å²) in [4.78, 5) is 2.19. The number of likely N-dealkylation sites (N-methyl/N-ethyl adjacent to an activating group) is 1. The number of alkyl halides is 1. The van der Waals surface area contributed by atoms with Crippen LogP contribution in [0.1, 0.15) is 5.56 Å². The Morgan fingerprint density at radius 3 is 2.62 bits per heavy atom. The summed E-state index contributed by atoms with van der Waals surface area (Å²) in [6.07, 6.45) is 0.927. The van der Waals surface area contributed by atoms with Gasteiger partial charge in [0.05, 0.1) is 7.11 Å². The van der Waals surface area contributed by atoms with Crippen molar-refractivity contribution in [2.75, 3.05) is 33.1 Å². The molecule has 0 aromatic heterocycles. The van der Waals surface area contributed by atoms with E-state index < -0.39 is 0 Å². The number of ether oxygens (including phenoxy) is 1. The molecule has 0 N–H and O–H groups in total. The first kappa shape index (κ1) is 13.6. The van der Waals surface area contributed by atoms with Crippen LogP contribution in [0.5, 0.6) is 5.75 Å². The van der Waals surface area contributed by atoms with Gasteiger partial charge in [-0.25, -0.2) is 0 Å². The van der Waals surface area contributed by atoms with E-state index in [-0.39, 0.29) is 0 Å². The van der Waals surface area contributed by atoms with Crippen molar-refractivity contribution in [2.24, 2.45) is 0 Å². The quantitative estimate of drug-likeness (QED) is 0.730. The van der Waals surface area contributed by atoms with Gasteiger partial charge in [-0.3, -0.25) is 0 Å². The highest BCUT2D eigenvalue weighted by molar-refractivity contribution is 6.31. The van der Waals surface area contributed by atoms with Crippen molar-refractivity contribution in [3.05, 3.63) is 28.8 Å². The zero-order valence-electron chi connectivity index (χ0n) is 9.67. The molecule has 4 heteroatoms. The third-order valence-electron chi connectivity index (χ3n) is 2.49. The van der Waals surface area contributed by atoms with E-state index in [9.17, 15) is 0 Å². The van der Waals surface area contributed by atoms with Gasteiger partial charge in [-0.2, -0.15) is 0 Å². The highest BCUT2D eigenvalue weighted by Gasteiger charge is 2.04. The molecule has 0 bridgehead atoms. The minimum atomic E-state index is 0.660. The second-order valence-corrected chi connectivity index (χ2v) is 4.48. The molecule has 0 unspecified atom stereocenters. The lowest BCUT2D eigenvalue weighted by Crippen LogP contribution is -2.23. The van der Waals surface area contributed by atoms with Gasteiger partial charge < -0.3 is 9.64 Å². The van der Waals surface area contributed by atoms with Crippen molar-refractivity contribution in [3.8, 4) is 5.75 Å². The van der Waals surface area contributed by atoms with Crippen molar-refractivity contribution in [2.45, 2.75) is 6.42 Å². The third-order valence-corrected chi connectivity index (χ3v) is 3.01. The summed E-state index contributed by atoms with van der Waals surface area (Å²) < 4.78 is 5.10. The fourth-order valence-corrected chi connectivity index (χ4v) is 1.98. The molecule has 0 aliphatic rings. The highest BCUT2D eigenvalue weighted by Crippen LogP contribution is 2.22. The number of hydrogen-bond acceptors (Lipinski definition) is 2. The average molecular weight is 262 g/mol. The predicted molar refractivity (Wildman–Crippen MR) is 69.9 cm³/mol. The van der Waals surface area contributed by atoms with Gasteiger partial charge in [0.2, 0.25) is 0 Å². The minimum Gasteiger partial charge on any atom is -0.497 e. The smallest absolute Gasteiger partial charge is 0.120 e. The predicted octanol–water partition coefficient (Wildman–Crippen LogP) is 3.06. The Morgan fingerprint density at radius 2 is 2.06 bits per heavy atom. The SMILES string of the molecule is COc1ccc(CCN(C)CCCl)c(Cl)c1. The Kier molecular flexibility index (Phi) is 5.96. The number of benzene rings is 1. The molecule has 0 fully saturated rings. The van der Waals surface area contributed by atoms with Crippen LogP contribution in [0.25, 0.3) is 0 Å². The van der Waals surface area contributed by atoms with Crippen LogP contribution in [0.2, 0.25) is 5.02 Å².